The van der Waals surface area contributed by atoms with Crippen molar-refractivity contribution < 1.29 is 4.79 Å². The minimum Gasteiger partial charge on any atom is -0.325 e. The molecule has 128 valence electrons. The molecule has 0 aliphatic heterocycles. The average molecular weight is 388 g/mol. The lowest BCUT2D eigenvalue weighted by Gasteiger charge is -2.07. The summed E-state index contributed by atoms with van der Waals surface area (Å²) in [5.74, 6) is 1.15. The summed E-state index contributed by atoms with van der Waals surface area (Å²) in [6.45, 7) is 1.95. The Kier molecular flexibility index (Phi) is 6.49. The third-order valence-corrected chi connectivity index (χ3v) is 6.31. The lowest BCUT2D eigenvalue weighted by atomic mass is 10.2. The molecule has 0 bridgehead atoms. The van der Waals surface area contributed by atoms with Gasteiger partial charge in [0.05, 0.1) is 10.8 Å². The van der Waals surface area contributed by atoms with Gasteiger partial charge in [-0.2, -0.15) is 0 Å². The van der Waals surface area contributed by atoms with Gasteiger partial charge >= 0.3 is 0 Å². The van der Waals surface area contributed by atoms with Gasteiger partial charge in [-0.25, -0.2) is 9.97 Å². The highest BCUT2D eigenvalue weighted by atomic mass is 32.2. The monoisotopic (exact) mass is 387 g/mol. The lowest BCUT2D eigenvalue weighted by molar-refractivity contribution is -0.113. The standard InChI is InChI=1S/C18H17N3OS3/c1-13-10-24-18(20-13)25-12-16(22)21-15-6-4-5-14(9-15)11-23-17-7-2-3-8-19-17/h2-10H,11-12H2,1H3,(H,21,22). The molecule has 2 heterocycles. The summed E-state index contributed by atoms with van der Waals surface area (Å²) in [6.07, 6.45) is 1.79. The van der Waals surface area contributed by atoms with Gasteiger partial charge in [-0.1, -0.05) is 30.0 Å². The number of hydrogen-bond acceptors (Lipinski definition) is 6. The summed E-state index contributed by atoms with van der Waals surface area (Å²) in [7, 11) is 0. The number of nitrogens with zero attached hydrogens (tertiary/aromatic N) is 2. The summed E-state index contributed by atoms with van der Waals surface area (Å²) in [5.41, 5.74) is 2.96. The van der Waals surface area contributed by atoms with E-state index in [1.165, 1.54) is 11.8 Å². The third-order valence-electron chi connectivity index (χ3n) is 3.16. The number of amides is 1. The van der Waals surface area contributed by atoms with Crippen LogP contribution in [-0.4, -0.2) is 21.6 Å². The van der Waals surface area contributed by atoms with Gasteiger partial charge < -0.3 is 5.32 Å². The third kappa shape index (κ3) is 5.88. The van der Waals surface area contributed by atoms with Crippen molar-refractivity contribution in [2.75, 3.05) is 11.1 Å². The van der Waals surface area contributed by atoms with Crippen molar-refractivity contribution in [2.24, 2.45) is 0 Å². The first kappa shape index (κ1) is 18.0. The Bertz CT molecular complexity index is 836. The topological polar surface area (TPSA) is 54.9 Å². The molecule has 0 unspecified atom stereocenters. The normalized spacial score (nSPS) is 10.6. The zero-order valence-corrected chi connectivity index (χ0v) is 16.1. The molecule has 0 atom stereocenters. The number of aryl methyl sites for hydroxylation is 1. The van der Waals surface area contributed by atoms with Crippen LogP contribution >= 0.6 is 34.9 Å². The smallest absolute Gasteiger partial charge is 0.234 e. The molecule has 0 aliphatic rings. The molecular weight excluding hydrogens is 370 g/mol. The number of pyridine rings is 1. The van der Waals surface area contributed by atoms with Crippen molar-refractivity contribution in [1.29, 1.82) is 0 Å². The molecule has 4 nitrogen and oxygen atoms in total. The van der Waals surface area contributed by atoms with E-state index in [2.05, 4.69) is 21.4 Å². The van der Waals surface area contributed by atoms with Crippen LogP contribution in [-0.2, 0) is 10.5 Å². The Balaban J connectivity index is 1.51. The van der Waals surface area contributed by atoms with Crippen molar-refractivity contribution in [3.05, 3.63) is 65.3 Å². The quantitative estimate of drug-likeness (QED) is 0.586. The van der Waals surface area contributed by atoms with Crippen LogP contribution in [0.3, 0.4) is 0 Å². The molecule has 1 aromatic carbocycles. The number of thiazole rings is 1. The Morgan fingerprint density at radius 3 is 2.88 bits per heavy atom. The van der Waals surface area contributed by atoms with E-state index in [9.17, 15) is 4.79 Å². The second kappa shape index (κ2) is 9.03. The van der Waals surface area contributed by atoms with Crippen LogP contribution in [0.15, 0.2) is 63.4 Å². The maximum Gasteiger partial charge on any atom is 0.234 e. The highest BCUT2D eigenvalue weighted by molar-refractivity contribution is 8.01. The second-order valence-corrected chi connectivity index (χ2v) is 8.32. The summed E-state index contributed by atoms with van der Waals surface area (Å²) in [5, 5.41) is 5.93. The van der Waals surface area contributed by atoms with Crippen LogP contribution in [0.2, 0.25) is 0 Å². The minimum absolute atomic E-state index is 0.0209. The number of anilines is 1. The number of thioether (sulfide) groups is 2. The zero-order chi connectivity index (χ0) is 17.5. The van der Waals surface area contributed by atoms with E-state index in [0.29, 0.717) is 5.75 Å². The first-order valence-electron chi connectivity index (χ1n) is 7.66. The molecular formula is C18H17N3OS3. The van der Waals surface area contributed by atoms with E-state index >= 15 is 0 Å². The number of carbonyl (C=O) groups excluding carboxylic acids is 1. The highest BCUT2D eigenvalue weighted by Gasteiger charge is 2.07. The summed E-state index contributed by atoms with van der Waals surface area (Å²) in [6, 6.07) is 13.8. The number of benzene rings is 1. The van der Waals surface area contributed by atoms with E-state index in [0.717, 1.165) is 32.1 Å². The molecule has 1 N–H and O–H groups in total. The van der Waals surface area contributed by atoms with Gasteiger partial charge in [0.2, 0.25) is 5.91 Å². The second-order valence-electron chi connectivity index (χ2n) is 5.25. The predicted molar refractivity (Wildman–Crippen MR) is 106 cm³/mol. The summed E-state index contributed by atoms with van der Waals surface area (Å²) in [4.78, 5) is 20.8. The molecule has 0 radical (unpaired) electrons. The van der Waals surface area contributed by atoms with Gasteiger partial charge in [0.1, 0.15) is 0 Å². The number of nitrogens with one attached hydrogen (secondary N) is 1. The van der Waals surface area contributed by atoms with E-state index in [4.69, 9.17) is 0 Å². The van der Waals surface area contributed by atoms with Crippen LogP contribution in [0.1, 0.15) is 11.3 Å². The van der Waals surface area contributed by atoms with E-state index in [-0.39, 0.29) is 5.91 Å². The Morgan fingerprint density at radius 1 is 1.20 bits per heavy atom. The van der Waals surface area contributed by atoms with Crippen LogP contribution in [0, 0.1) is 6.92 Å². The molecule has 3 rings (SSSR count). The van der Waals surface area contributed by atoms with Crippen LogP contribution in [0.5, 0.6) is 0 Å². The maximum atomic E-state index is 12.1. The molecule has 3 aromatic rings. The maximum absolute atomic E-state index is 12.1. The van der Waals surface area contributed by atoms with Crippen molar-refractivity contribution in [1.82, 2.24) is 9.97 Å². The molecule has 2 aromatic heterocycles. The fourth-order valence-corrected chi connectivity index (χ4v) is 4.51. The molecule has 7 heteroatoms. The van der Waals surface area contributed by atoms with Crippen LogP contribution in [0.4, 0.5) is 5.69 Å². The van der Waals surface area contributed by atoms with Gasteiger partial charge in [0.25, 0.3) is 0 Å². The van der Waals surface area contributed by atoms with Crippen molar-refractivity contribution in [2.45, 2.75) is 22.0 Å². The van der Waals surface area contributed by atoms with Crippen molar-refractivity contribution in [3.63, 3.8) is 0 Å². The molecule has 0 spiro atoms. The van der Waals surface area contributed by atoms with Gasteiger partial charge in [-0.3, -0.25) is 4.79 Å². The molecule has 25 heavy (non-hydrogen) atoms. The highest BCUT2D eigenvalue weighted by Crippen LogP contribution is 2.24. The van der Waals surface area contributed by atoms with Crippen molar-refractivity contribution >= 4 is 46.5 Å². The first-order valence-corrected chi connectivity index (χ1v) is 10.5. The predicted octanol–water partition coefficient (Wildman–Crippen LogP) is 4.87. The van der Waals surface area contributed by atoms with E-state index < -0.39 is 0 Å². The van der Waals surface area contributed by atoms with Gasteiger partial charge in [0, 0.05) is 28.7 Å². The zero-order valence-electron chi connectivity index (χ0n) is 13.6. The first-order chi connectivity index (χ1) is 12.2. The van der Waals surface area contributed by atoms with Gasteiger partial charge in [0.15, 0.2) is 4.34 Å². The van der Waals surface area contributed by atoms with E-state index in [1.807, 2.05) is 48.7 Å². The minimum atomic E-state index is -0.0209. The molecule has 1 amide bonds. The molecule has 0 aliphatic carbocycles. The fourth-order valence-electron chi connectivity index (χ4n) is 2.05. The van der Waals surface area contributed by atoms with Gasteiger partial charge in [-0.05, 0) is 36.8 Å². The Morgan fingerprint density at radius 2 is 2.12 bits per heavy atom. The molecule has 0 fully saturated rings. The van der Waals surface area contributed by atoms with Crippen LogP contribution < -0.4 is 5.32 Å². The lowest BCUT2D eigenvalue weighted by Crippen LogP contribution is -2.14. The van der Waals surface area contributed by atoms with Gasteiger partial charge in [-0.15, -0.1) is 23.1 Å². The summed E-state index contributed by atoms with van der Waals surface area (Å²) >= 11 is 4.71. The Hall–Kier alpha value is -1.83. The fraction of sp³-hybridized carbons (Fsp3) is 0.167. The molecule has 0 saturated carbocycles. The number of carbonyl (C=O) groups is 1. The number of aromatic nitrogens is 2. The SMILES string of the molecule is Cc1csc(SCC(=O)Nc2cccc(CSc3ccccn3)c2)n1. The average Bonchev–Trinajstić information content (AvgIpc) is 3.05. The summed E-state index contributed by atoms with van der Waals surface area (Å²) < 4.78 is 0.924. The Labute approximate surface area is 159 Å². The van der Waals surface area contributed by atoms with Crippen molar-refractivity contribution in [3.8, 4) is 0 Å². The largest absolute Gasteiger partial charge is 0.325 e. The number of hydrogen-bond donors (Lipinski definition) is 1. The number of rotatable bonds is 7. The van der Waals surface area contributed by atoms with Crippen LogP contribution in [0.25, 0.3) is 0 Å². The van der Waals surface area contributed by atoms with E-state index in [1.54, 1.807) is 29.3 Å². The molecule has 0 saturated heterocycles.